The summed E-state index contributed by atoms with van der Waals surface area (Å²) in [6.07, 6.45) is 2.36. The first-order valence-corrected chi connectivity index (χ1v) is 3.01. The molecule has 60 valence electrons. The van der Waals surface area contributed by atoms with Gasteiger partial charge >= 0.3 is 0 Å². The molecule has 0 aromatic carbocycles. The van der Waals surface area contributed by atoms with Crippen molar-refractivity contribution in [3.8, 4) is 17.6 Å². The Morgan fingerprint density at radius 1 is 1.50 bits per heavy atom. The van der Waals surface area contributed by atoms with E-state index in [9.17, 15) is 4.79 Å². The average molecular weight is 163 g/mol. The lowest BCUT2D eigenvalue weighted by molar-refractivity contribution is -0.112. The van der Waals surface area contributed by atoms with E-state index in [0.29, 0.717) is 0 Å². The second-order valence-electron chi connectivity index (χ2n) is 1.88. The quantitative estimate of drug-likeness (QED) is 0.481. The molecule has 0 saturated carbocycles. The molecule has 1 amide bonds. The largest absolute Gasteiger partial charge is 0.505 e. The van der Waals surface area contributed by atoms with Gasteiger partial charge in [0.2, 0.25) is 5.82 Å². The van der Waals surface area contributed by atoms with Crippen LogP contribution in [0.25, 0.3) is 0 Å². The average Bonchev–Trinajstić information content (AvgIpc) is 2.03. The Hall–Kier alpha value is -2.09. The molecule has 0 atom stereocenters. The topological polar surface area (TPSA) is 89.1 Å². The highest BCUT2D eigenvalue weighted by atomic mass is 16.3. The van der Waals surface area contributed by atoms with Gasteiger partial charge in [0.1, 0.15) is 0 Å². The van der Waals surface area contributed by atoms with Crippen molar-refractivity contribution in [2.24, 2.45) is 5.73 Å². The van der Waals surface area contributed by atoms with Crippen LogP contribution in [0.2, 0.25) is 0 Å². The number of carbonyl (C=O) groups is 1. The van der Waals surface area contributed by atoms with Crippen LogP contribution in [0.4, 0.5) is 0 Å². The summed E-state index contributed by atoms with van der Waals surface area (Å²) in [6.45, 7) is 0. The Morgan fingerprint density at radius 3 is 2.58 bits per heavy atom. The fourth-order valence-electron chi connectivity index (χ4n) is 0.503. The predicted octanol–water partition coefficient (Wildman–Crippen LogP) is -0.981. The summed E-state index contributed by atoms with van der Waals surface area (Å²) in [5.74, 6) is 3.72. The number of nitrogens with two attached hydrogens (primary N) is 1. The van der Waals surface area contributed by atoms with Crippen LogP contribution < -0.4 is 5.73 Å². The van der Waals surface area contributed by atoms with Crippen molar-refractivity contribution in [2.45, 2.75) is 0 Å². The van der Waals surface area contributed by atoms with Gasteiger partial charge in [0.15, 0.2) is 5.75 Å². The van der Waals surface area contributed by atoms with E-state index in [2.05, 4.69) is 21.8 Å². The van der Waals surface area contributed by atoms with Crippen LogP contribution in [0.1, 0.15) is 5.82 Å². The second kappa shape index (κ2) is 3.34. The molecule has 1 aromatic heterocycles. The fourth-order valence-corrected chi connectivity index (χ4v) is 0.503. The van der Waals surface area contributed by atoms with E-state index in [-0.39, 0.29) is 11.6 Å². The third-order valence-electron chi connectivity index (χ3n) is 0.936. The maximum Gasteiger partial charge on any atom is 0.293 e. The van der Waals surface area contributed by atoms with Gasteiger partial charge in [-0.15, -0.1) is 0 Å². The van der Waals surface area contributed by atoms with E-state index in [1.54, 1.807) is 0 Å². The normalized spacial score (nSPS) is 8.33. The van der Waals surface area contributed by atoms with Crippen molar-refractivity contribution in [2.75, 3.05) is 0 Å². The summed E-state index contributed by atoms with van der Waals surface area (Å²) in [6, 6.07) is 0. The minimum Gasteiger partial charge on any atom is -0.505 e. The first kappa shape index (κ1) is 8.01. The molecular formula is C7H5N3O2. The Bertz CT molecular complexity index is 347. The smallest absolute Gasteiger partial charge is 0.293 e. The molecule has 5 nitrogen and oxygen atoms in total. The van der Waals surface area contributed by atoms with Gasteiger partial charge in [0.25, 0.3) is 5.91 Å². The van der Waals surface area contributed by atoms with Gasteiger partial charge in [-0.3, -0.25) is 4.79 Å². The molecule has 1 aromatic rings. The maximum atomic E-state index is 10.2. The number of rotatable bonds is 0. The van der Waals surface area contributed by atoms with Gasteiger partial charge in [-0.2, -0.15) is 0 Å². The van der Waals surface area contributed by atoms with Crippen LogP contribution in [-0.4, -0.2) is 21.0 Å². The van der Waals surface area contributed by atoms with E-state index in [4.69, 9.17) is 10.8 Å². The van der Waals surface area contributed by atoms with Crippen molar-refractivity contribution in [3.05, 3.63) is 18.2 Å². The first-order valence-electron chi connectivity index (χ1n) is 3.01. The van der Waals surface area contributed by atoms with Gasteiger partial charge < -0.3 is 10.8 Å². The summed E-state index contributed by atoms with van der Waals surface area (Å²) in [4.78, 5) is 17.4. The zero-order valence-corrected chi connectivity index (χ0v) is 5.98. The molecule has 0 saturated heterocycles. The molecule has 5 heteroatoms. The van der Waals surface area contributed by atoms with Gasteiger partial charge in [-0.1, -0.05) is 0 Å². The first-order chi connectivity index (χ1) is 5.68. The van der Waals surface area contributed by atoms with Crippen LogP contribution in [0.3, 0.4) is 0 Å². The van der Waals surface area contributed by atoms with Crippen molar-refractivity contribution < 1.29 is 9.90 Å². The number of aromatic hydroxyl groups is 1. The number of hydrogen-bond acceptors (Lipinski definition) is 4. The Morgan fingerprint density at radius 2 is 2.08 bits per heavy atom. The van der Waals surface area contributed by atoms with Crippen molar-refractivity contribution in [1.82, 2.24) is 9.97 Å². The molecule has 0 aliphatic rings. The van der Waals surface area contributed by atoms with Crippen LogP contribution in [0.15, 0.2) is 12.4 Å². The van der Waals surface area contributed by atoms with Crippen molar-refractivity contribution in [3.63, 3.8) is 0 Å². The highest BCUT2D eigenvalue weighted by Gasteiger charge is 1.90. The third-order valence-corrected chi connectivity index (χ3v) is 0.936. The summed E-state index contributed by atoms with van der Waals surface area (Å²) >= 11 is 0. The zero-order chi connectivity index (χ0) is 8.97. The van der Waals surface area contributed by atoms with Crippen molar-refractivity contribution >= 4 is 5.91 Å². The van der Waals surface area contributed by atoms with Gasteiger partial charge in [0.05, 0.1) is 12.4 Å². The lowest BCUT2D eigenvalue weighted by atomic mass is 10.5. The van der Waals surface area contributed by atoms with Crippen LogP contribution in [-0.2, 0) is 4.79 Å². The molecule has 0 bridgehead atoms. The number of hydrogen-bond donors (Lipinski definition) is 2. The maximum absolute atomic E-state index is 10.2. The summed E-state index contributed by atoms with van der Waals surface area (Å²) in [7, 11) is 0. The summed E-state index contributed by atoms with van der Waals surface area (Å²) < 4.78 is 0. The molecule has 12 heavy (non-hydrogen) atoms. The van der Waals surface area contributed by atoms with Gasteiger partial charge in [-0.25, -0.2) is 9.97 Å². The number of carbonyl (C=O) groups excluding carboxylic acids is 1. The van der Waals surface area contributed by atoms with E-state index in [0.717, 1.165) is 0 Å². The minimum absolute atomic E-state index is 0.0559. The predicted molar refractivity (Wildman–Crippen MR) is 39.8 cm³/mol. The molecule has 1 heterocycles. The van der Waals surface area contributed by atoms with E-state index < -0.39 is 5.91 Å². The van der Waals surface area contributed by atoms with Gasteiger partial charge in [0, 0.05) is 5.92 Å². The lowest BCUT2D eigenvalue weighted by Crippen LogP contribution is -2.06. The van der Waals surface area contributed by atoms with E-state index in [1.807, 2.05) is 0 Å². The monoisotopic (exact) mass is 163 g/mol. The highest BCUT2D eigenvalue weighted by molar-refractivity contribution is 5.92. The third kappa shape index (κ3) is 2.27. The van der Waals surface area contributed by atoms with Crippen LogP contribution >= 0.6 is 0 Å². The Balaban J connectivity index is 2.86. The van der Waals surface area contributed by atoms with Crippen LogP contribution in [0.5, 0.6) is 5.75 Å². The lowest BCUT2D eigenvalue weighted by Gasteiger charge is -1.88. The molecule has 0 fully saturated rings. The molecule has 3 N–H and O–H groups in total. The van der Waals surface area contributed by atoms with Crippen molar-refractivity contribution in [1.29, 1.82) is 0 Å². The second-order valence-corrected chi connectivity index (χ2v) is 1.88. The molecule has 0 aliphatic heterocycles. The number of nitrogens with zero attached hydrogens (tertiary/aromatic N) is 2. The zero-order valence-electron chi connectivity index (χ0n) is 5.98. The van der Waals surface area contributed by atoms with Gasteiger partial charge in [-0.05, 0) is 5.92 Å². The molecular weight excluding hydrogens is 158 g/mol. The number of amides is 1. The minimum atomic E-state index is -0.744. The molecule has 0 spiro atoms. The SMILES string of the molecule is NC(=O)C#Cc1ncc(O)cn1. The molecule has 1 rings (SSSR count). The molecule has 0 aliphatic carbocycles. The molecule has 0 radical (unpaired) electrons. The summed E-state index contributed by atoms with van der Waals surface area (Å²) in [5.41, 5.74) is 4.75. The number of aromatic nitrogens is 2. The van der Waals surface area contributed by atoms with E-state index >= 15 is 0 Å². The Labute approximate surface area is 68.3 Å². The van der Waals surface area contributed by atoms with Crippen LogP contribution in [0, 0.1) is 11.8 Å². The number of primary amides is 1. The Kier molecular flexibility index (Phi) is 2.23. The highest BCUT2D eigenvalue weighted by Crippen LogP contribution is 2.00. The fraction of sp³-hybridized carbons (Fsp3) is 0. The summed E-state index contributed by atoms with van der Waals surface area (Å²) in [5, 5.41) is 8.77. The standard InChI is InChI=1S/C7H5N3O2/c8-6(12)1-2-7-9-3-5(11)4-10-7/h3-4,11H,(H2,8,12). The van der Waals surface area contributed by atoms with E-state index in [1.165, 1.54) is 12.4 Å². The molecule has 0 unspecified atom stereocenters.